The molecule has 2 aromatic heterocycles. The van der Waals surface area contributed by atoms with Crippen molar-refractivity contribution in [2.24, 2.45) is 5.92 Å². The van der Waals surface area contributed by atoms with E-state index in [4.69, 9.17) is 0 Å². The van der Waals surface area contributed by atoms with E-state index in [2.05, 4.69) is 29.6 Å². The third-order valence-electron chi connectivity index (χ3n) is 3.80. The Labute approximate surface area is 121 Å². The average molecular weight is 275 g/mol. The van der Waals surface area contributed by atoms with E-state index in [9.17, 15) is 5.11 Å². The maximum atomic E-state index is 10.1. The zero-order valence-corrected chi connectivity index (χ0v) is 12.8. The predicted molar refractivity (Wildman–Crippen MR) is 80.6 cm³/mol. The summed E-state index contributed by atoms with van der Waals surface area (Å²) in [6.45, 7) is 9.13. The summed E-state index contributed by atoms with van der Waals surface area (Å²) in [5.41, 5.74) is 2.02. The second-order valence-electron chi connectivity index (χ2n) is 5.85. The first kappa shape index (κ1) is 14.9. The van der Waals surface area contributed by atoms with Crippen molar-refractivity contribution in [1.82, 2.24) is 14.3 Å². The molecular formula is C16H25N3O. The second kappa shape index (κ2) is 6.27. The highest BCUT2D eigenvalue weighted by Crippen LogP contribution is 2.21. The Balaban J connectivity index is 2.05. The lowest BCUT2D eigenvalue weighted by atomic mass is 10.0. The van der Waals surface area contributed by atoms with Crippen LogP contribution in [0.5, 0.6) is 0 Å². The van der Waals surface area contributed by atoms with Crippen LogP contribution in [0.2, 0.25) is 0 Å². The Kier molecular flexibility index (Phi) is 4.65. The van der Waals surface area contributed by atoms with Crippen LogP contribution in [-0.4, -0.2) is 19.5 Å². The summed E-state index contributed by atoms with van der Waals surface area (Å²) in [6.07, 6.45) is 6.73. The molecule has 2 unspecified atom stereocenters. The van der Waals surface area contributed by atoms with Gasteiger partial charge in [0.05, 0.1) is 18.3 Å². The van der Waals surface area contributed by atoms with Crippen LogP contribution in [0.25, 0.3) is 0 Å². The van der Waals surface area contributed by atoms with Crippen molar-refractivity contribution in [3.05, 3.63) is 42.0 Å². The van der Waals surface area contributed by atoms with Crippen molar-refractivity contribution in [2.45, 2.75) is 52.8 Å². The molecule has 2 aromatic rings. The molecule has 110 valence electrons. The van der Waals surface area contributed by atoms with Gasteiger partial charge in [0.15, 0.2) is 0 Å². The number of aliphatic hydroxyl groups is 1. The number of hydrogen-bond acceptors (Lipinski definition) is 2. The number of hydrogen-bond donors (Lipinski definition) is 1. The monoisotopic (exact) mass is 275 g/mol. The molecule has 0 aliphatic carbocycles. The third-order valence-corrected chi connectivity index (χ3v) is 3.80. The Morgan fingerprint density at radius 3 is 2.60 bits per heavy atom. The minimum atomic E-state index is -0.395. The van der Waals surface area contributed by atoms with Crippen molar-refractivity contribution in [2.75, 3.05) is 0 Å². The fourth-order valence-electron chi connectivity index (χ4n) is 2.20. The maximum absolute atomic E-state index is 10.1. The standard InChI is InChI=1S/C16H25N3O/c1-5-13(4)19-9-7-15(17-19)11-18-8-6-14(10-18)16(20)12(2)3/h6-10,12-13,16,20H,5,11H2,1-4H3. The summed E-state index contributed by atoms with van der Waals surface area (Å²) in [4.78, 5) is 0. The van der Waals surface area contributed by atoms with E-state index >= 15 is 0 Å². The topological polar surface area (TPSA) is 43.0 Å². The van der Waals surface area contributed by atoms with Crippen molar-refractivity contribution in [3.63, 3.8) is 0 Å². The molecule has 0 fully saturated rings. The molecule has 4 heteroatoms. The fourth-order valence-corrected chi connectivity index (χ4v) is 2.20. The van der Waals surface area contributed by atoms with Gasteiger partial charge in [0.2, 0.25) is 0 Å². The maximum Gasteiger partial charge on any atom is 0.0827 e. The van der Waals surface area contributed by atoms with Crippen LogP contribution in [0.15, 0.2) is 30.7 Å². The molecule has 0 radical (unpaired) electrons. The molecule has 2 atom stereocenters. The van der Waals surface area contributed by atoms with Gasteiger partial charge in [-0.05, 0) is 37.0 Å². The molecule has 0 bridgehead atoms. The molecule has 2 rings (SSSR count). The molecule has 4 nitrogen and oxygen atoms in total. The van der Waals surface area contributed by atoms with Crippen LogP contribution in [0.1, 0.15) is 57.5 Å². The van der Waals surface area contributed by atoms with E-state index in [1.54, 1.807) is 0 Å². The Morgan fingerprint density at radius 2 is 1.95 bits per heavy atom. The van der Waals surface area contributed by atoms with E-state index in [0.29, 0.717) is 6.04 Å². The number of aromatic nitrogens is 3. The van der Waals surface area contributed by atoms with Gasteiger partial charge in [0, 0.05) is 24.6 Å². The van der Waals surface area contributed by atoms with Crippen molar-refractivity contribution in [1.29, 1.82) is 0 Å². The first-order valence-electron chi connectivity index (χ1n) is 7.39. The molecule has 0 amide bonds. The van der Waals surface area contributed by atoms with Gasteiger partial charge in [-0.1, -0.05) is 20.8 Å². The second-order valence-corrected chi connectivity index (χ2v) is 5.85. The first-order chi connectivity index (χ1) is 9.51. The van der Waals surface area contributed by atoms with Gasteiger partial charge >= 0.3 is 0 Å². The smallest absolute Gasteiger partial charge is 0.0827 e. The SMILES string of the molecule is CCC(C)n1ccc(Cn2ccc(C(O)C(C)C)c2)n1. The highest BCUT2D eigenvalue weighted by atomic mass is 16.3. The zero-order chi connectivity index (χ0) is 14.7. The van der Waals surface area contributed by atoms with Crippen LogP contribution in [-0.2, 0) is 6.54 Å². The molecule has 0 aliphatic rings. The van der Waals surface area contributed by atoms with Crippen LogP contribution >= 0.6 is 0 Å². The summed E-state index contributed by atoms with van der Waals surface area (Å²) >= 11 is 0. The summed E-state index contributed by atoms with van der Waals surface area (Å²) < 4.78 is 4.09. The van der Waals surface area contributed by atoms with E-state index < -0.39 is 6.10 Å². The van der Waals surface area contributed by atoms with Crippen LogP contribution < -0.4 is 0 Å². The van der Waals surface area contributed by atoms with Crippen molar-refractivity contribution >= 4 is 0 Å². The van der Waals surface area contributed by atoms with Gasteiger partial charge in [-0.3, -0.25) is 4.68 Å². The quantitative estimate of drug-likeness (QED) is 0.878. The van der Waals surface area contributed by atoms with Gasteiger partial charge in [-0.25, -0.2) is 0 Å². The van der Waals surface area contributed by atoms with Gasteiger partial charge in [-0.2, -0.15) is 5.10 Å². The highest BCUT2D eigenvalue weighted by molar-refractivity contribution is 5.15. The van der Waals surface area contributed by atoms with Gasteiger partial charge < -0.3 is 9.67 Å². The minimum absolute atomic E-state index is 0.232. The number of aliphatic hydroxyl groups excluding tert-OH is 1. The van der Waals surface area contributed by atoms with Gasteiger partial charge in [0.25, 0.3) is 0 Å². The van der Waals surface area contributed by atoms with Crippen LogP contribution in [0.3, 0.4) is 0 Å². The van der Waals surface area contributed by atoms with E-state index in [0.717, 1.165) is 24.2 Å². The average Bonchev–Trinajstić information content (AvgIpc) is 3.06. The summed E-state index contributed by atoms with van der Waals surface area (Å²) in [6, 6.07) is 4.48. The van der Waals surface area contributed by atoms with Gasteiger partial charge in [0.1, 0.15) is 0 Å². The summed E-state index contributed by atoms with van der Waals surface area (Å²) in [5, 5.41) is 14.7. The predicted octanol–water partition coefficient (Wildman–Crippen LogP) is 3.39. The molecule has 20 heavy (non-hydrogen) atoms. The summed E-state index contributed by atoms with van der Waals surface area (Å²) in [5.74, 6) is 0.232. The number of nitrogens with zero attached hydrogens (tertiary/aromatic N) is 3. The van der Waals surface area contributed by atoms with Crippen LogP contribution in [0, 0.1) is 5.92 Å². The van der Waals surface area contributed by atoms with Crippen molar-refractivity contribution < 1.29 is 5.11 Å². The van der Waals surface area contributed by atoms with E-state index in [1.165, 1.54) is 0 Å². The van der Waals surface area contributed by atoms with Gasteiger partial charge in [-0.15, -0.1) is 0 Å². The third kappa shape index (κ3) is 3.31. The molecule has 1 N–H and O–H groups in total. The minimum Gasteiger partial charge on any atom is -0.388 e. The highest BCUT2D eigenvalue weighted by Gasteiger charge is 2.13. The first-order valence-corrected chi connectivity index (χ1v) is 7.39. The van der Waals surface area contributed by atoms with E-state index in [1.807, 2.05) is 43.2 Å². The lowest BCUT2D eigenvalue weighted by Crippen LogP contribution is -2.06. The normalized spacial score (nSPS) is 14.7. The molecule has 2 heterocycles. The molecule has 0 aliphatic heterocycles. The largest absolute Gasteiger partial charge is 0.388 e. The summed E-state index contributed by atoms with van der Waals surface area (Å²) in [7, 11) is 0. The van der Waals surface area contributed by atoms with Crippen molar-refractivity contribution in [3.8, 4) is 0 Å². The zero-order valence-electron chi connectivity index (χ0n) is 12.8. The Hall–Kier alpha value is -1.55. The molecule has 0 saturated heterocycles. The Bertz CT molecular complexity index is 541. The molecular weight excluding hydrogens is 250 g/mol. The number of rotatable bonds is 6. The molecule has 0 spiro atoms. The van der Waals surface area contributed by atoms with Crippen LogP contribution in [0.4, 0.5) is 0 Å². The lowest BCUT2D eigenvalue weighted by molar-refractivity contribution is 0.127. The Morgan fingerprint density at radius 1 is 1.20 bits per heavy atom. The fraction of sp³-hybridized carbons (Fsp3) is 0.562. The molecule has 0 aromatic carbocycles. The lowest BCUT2D eigenvalue weighted by Gasteiger charge is -2.12. The molecule has 0 saturated carbocycles. The van der Waals surface area contributed by atoms with E-state index in [-0.39, 0.29) is 5.92 Å².